The first kappa shape index (κ1) is 29.6. The zero-order valence-electron chi connectivity index (χ0n) is 22.8. The van der Waals surface area contributed by atoms with Crippen molar-refractivity contribution in [2.45, 2.75) is 38.4 Å². The van der Waals surface area contributed by atoms with Gasteiger partial charge < -0.3 is 20.1 Å². The van der Waals surface area contributed by atoms with Crippen LogP contribution >= 0.6 is 0 Å². The molecule has 0 aliphatic carbocycles. The minimum Gasteiger partial charge on any atom is -0.491 e. The van der Waals surface area contributed by atoms with Crippen LogP contribution in [0.15, 0.2) is 72.8 Å². The van der Waals surface area contributed by atoms with Gasteiger partial charge in [-0.05, 0) is 55.0 Å². The molecular weight excluding hydrogens is 535 g/mol. The number of hydrogen-bond acceptors (Lipinski definition) is 5. The molecule has 3 aromatic carbocycles. The van der Waals surface area contributed by atoms with Crippen LogP contribution in [0.3, 0.4) is 0 Å². The van der Waals surface area contributed by atoms with Gasteiger partial charge in [-0.2, -0.15) is 13.2 Å². The smallest absolute Gasteiger partial charge is 0.419 e. The number of benzene rings is 3. The van der Waals surface area contributed by atoms with Crippen molar-refractivity contribution >= 4 is 17.7 Å². The molecule has 1 heterocycles. The molecule has 0 spiro atoms. The first-order chi connectivity index (χ1) is 19.4. The van der Waals surface area contributed by atoms with Gasteiger partial charge in [-0.1, -0.05) is 60.7 Å². The molecule has 7 nitrogen and oxygen atoms in total. The largest absolute Gasteiger partial charge is 0.491 e. The third kappa shape index (κ3) is 6.53. The highest BCUT2D eigenvalue weighted by Crippen LogP contribution is 2.41. The molecule has 3 N–H and O–H groups in total. The van der Waals surface area contributed by atoms with Crippen molar-refractivity contribution in [3.63, 3.8) is 0 Å². The summed E-state index contributed by atoms with van der Waals surface area (Å²) in [5.41, 5.74) is 5.46. The Labute approximate surface area is 236 Å². The number of nitrogens with one attached hydrogen (secondary N) is 1. The standard InChI is InChI=1S/C31H32F3N3O4/c1-30(29(39)40-2)18-24(37(28(30)38)16-6-9-20-7-4-3-5-8-20)19-41-26-15-14-23(17-25(26)31(32,33)34)21-10-12-22(13-11-21)27(35)36/h3-5,7-8,10-15,17,24H,6,9,16,18-19H2,1-2H3,(H3,35,36)/t24-,30-/m0/s1. The van der Waals surface area contributed by atoms with Gasteiger partial charge in [-0.3, -0.25) is 15.0 Å². The molecule has 0 unspecified atom stereocenters. The maximum absolute atomic E-state index is 14.1. The molecule has 0 radical (unpaired) electrons. The van der Waals surface area contributed by atoms with Gasteiger partial charge in [-0.15, -0.1) is 0 Å². The minimum absolute atomic E-state index is 0.0613. The van der Waals surface area contributed by atoms with Gasteiger partial charge in [0.1, 0.15) is 23.6 Å². The zero-order chi connectivity index (χ0) is 29.8. The van der Waals surface area contributed by atoms with E-state index in [1.807, 2.05) is 30.3 Å². The number of halogens is 3. The molecule has 3 aromatic rings. The Morgan fingerprint density at radius 3 is 2.34 bits per heavy atom. The molecule has 1 fully saturated rings. The molecule has 0 saturated carbocycles. The lowest BCUT2D eigenvalue weighted by Gasteiger charge is -2.26. The third-order valence-corrected chi connectivity index (χ3v) is 7.41. The van der Waals surface area contributed by atoms with E-state index < -0.39 is 35.1 Å². The van der Waals surface area contributed by atoms with Crippen LogP contribution in [0.2, 0.25) is 0 Å². The summed E-state index contributed by atoms with van der Waals surface area (Å²) in [6, 6.07) is 19.2. The van der Waals surface area contributed by atoms with Crippen LogP contribution in [0.1, 0.15) is 36.5 Å². The van der Waals surface area contributed by atoms with E-state index >= 15 is 0 Å². The van der Waals surface area contributed by atoms with Crippen molar-refractivity contribution < 1.29 is 32.2 Å². The first-order valence-electron chi connectivity index (χ1n) is 13.2. The summed E-state index contributed by atoms with van der Waals surface area (Å²) in [7, 11) is 1.20. The number of amides is 1. The number of aryl methyl sites for hydroxylation is 1. The highest BCUT2D eigenvalue weighted by Gasteiger charge is 2.54. The number of amidine groups is 1. The summed E-state index contributed by atoms with van der Waals surface area (Å²) in [4.78, 5) is 27.4. The van der Waals surface area contributed by atoms with Crippen molar-refractivity contribution in [3.8, 4) is 16.9 Å². The number of methoxy groups -OCH3 is 1. The van der Waals surface area contributed by atoms with Gasteiger partial charge in [0.15, 0.2) is 0 Å². The van der Waals surface area contributed by atoms with E-state index in [1.54, 1.807) is 24.3 Å². The normalized spacial score (nSPS) is 18.8. The number of esters is 1. The zero-order valence-corrected chi connectivity index (χ0v) is 22.8. The molecule has 0 aromatic heterocycles. The summed E-state index contributed by atoms with van der Waals surface area (Å²) in [5.74, 6) is -1.62. The van der Waals surface area contributed by atoms with Crippen LogP contribution in [0, 0.1) is 10.8 Å². The fourth-order valence-electron chi connectivity index (χ4n) is 5.16. The number of hydrogen-bond donors (Lipinski definition) is 2. The van der Waals surface area contributed by atoms with Gasteiger partial charge in [0.2, 0.25) is 5.91 Å². The molecule has 1 aliphatic heterocycles. The predicted molar refractivity (Wildman–Crippen MR) is 148 cm³/mol. The van der Waals surface area contributed by atoms with Crippen molar-refractivity contribution in [2.24, 2.45) is 11.1 Å². The number of carbonyl (C=O) groups is 2. The summed E-state index contributed by atoms with van der Waals surface area (Å²) in [6.45, 7) is 1.59. The molecule has 1 aliphatic rings. The fourth-order valence-corrected chi connectivity index (χ4v) is 5.16. The van der Waals surface area contributed by atoms with E-state index in [2.05, 4.69) is 0 Å². The summed E-state index contributed by atoms with van der Waals surface area (Å²) in [5, 5.41) is 7.50. The molecule has 4 rings (SSSR count). The van der Waals surface area contributed by atoms with Gasteiger partial charge in [0, 0.05) is 12.1 Å². The Hall–Kier alpha value is -4.34. The first-order valence-corrected chi connectivity index (χ1v) is 13.2. The molecule has 2 atom stereocenters. The average molecular weight is 568 g/mol. The number of carbonyl (C=O) groups excluding carboxylic acids is 2. The van der Waals surface area contributed by atoms with Gasteiger partial charge in [0.05, 0.1) is 18.7 Å². The van der Waals surface area contributed by atoms with E-state index in [9.17, 15) is 22.8 Å². The monoisotopic (exact) mass is 567 g/mol. The lowest BCUT2D eigenvalue weighted by atomic mass is 9.87. The van der Waals surface area contributed by atoms with Crippen LogP contribution in [-0.2, 0) is 26.9 Å². The quantitative estimate of drug-likeness (QED) is 0.147. The highest BCUT2D eigenvalue weighted by molar-refractivity contribution is 6.04. The Balaban J connectivity index is 1.55. The molecule has 1 saturated heterocycles. The fraction of sp³-hybridized carbons (Fsp3) is 0.323. The van der Waals surface area contributed by atoms with Crippen molar-refractivity contribution in [2.75, 3.05) is 20.3 Å². The Kier molecular flexibility index (Phi) is 8.70. The number of nitrogen functional groups attached to an aromatic ring is 1. The van der Waals surface area contributed by atoms with Crippen molar-refractivity contribution in [3.05, 3.63) is 89.5 Å². The van der Waals surface area contributed by atoms with Crippen molar-refractivity contribution in [1.82, 2.24) is 4.90 Å². The van der Waals surface area contributed by atoms with Crippen LogP contribution < -0.4 is 10.5 Å². The molecule has 0 bridgehead atoms. The Morgan fingerprint density at radius 1 is 1.07 bits per heavy atom. The lowest BCUT2D eigenvalue weighted by molar-refractivity contribution is -0.157. The maximum Gasteiger partial charge on any atom is 0.419 e. The second-order valence-corrected chi connectivity index (χ2v) is 10.3. The van der Waals surface area contributed by atoms with Crippen LogP contribution in [-0.4, -0.2) is 48.9 Å². The SMILES string of the molecule is COC(=O)[C@@]1(C)C[C@@H](COc2ccc(-c3ccc(C(=N)N)cc3)cc2C(F)(F)F)N(CCCc2ccccc2)C1=O. The van der Waals surface area contributed by atoms with E-state index in [0.29, 0.717) is 36.1 Å². The highest BCUT2D eigenvalue weighted by atomic mass is 19.4. The number of alkyl halides is 3. The molecule has 216 valence electrons. The van der Waals surface area contributed by atoms with E-state index in [1.165, 1.54) is 31.1 Å². The molecular formula is C31H32F3N3O4. The van der Waals surface area contributed by atoms with Crippen molar-refractivity contribution in [1.29, 1.82) is 5.41 Å². The molecule has 41 heavy (non-hydrogen) atoms. The lowest BCUT2D eigenvalue weighted by Crippen LogP contribution is -2.41. The third-order valence-electron chi connectivity index (χ3n) is 7.41. The summed E-state index contributed by atoms with van der Waals surface area (Å²) < 4.78 is 52.9. The number of likely N-dealkylation sites (tertiary alicyclic amines) is 1. The number of rotatable bonds is 10. The minimum atomic E-state index is -4.70. The van der Waals surface area contributed by atoms with Gasteiger partial charge in [-0.25, -0.2) is 0 Å². The van der Waals surface area contributed by atoms with E-state index in [4.69, 9.17) is 20.6 Å². The van der Waals surface area contributed by atoms with E-state index in [0.717, 1.165) is 11.6 Å². The molecule has 1 amide bonds. The second kappa shape index (κ2) is 12.0. The number of ether oxygens (including phenoxy) is 2. The Morgan fingerprint density at radius 2 is 1.73 bits per heavy atom. The average Bonchev–Trinajstić information content (AvgIpc) is 3.21. The van der Waals surface area contributed by atoms with E-state index in [-0.39, 0.29) is 24.6 Å². The summed E-state index contributed by atoms with van der Waals surface area (Å²) >= 11 is 0. The predicted octanol–water partition coefficient (Wildman–Crippen LogP) is 5.45. The number of nitrogens with two attached hydrogens (primary N) is 1. The Bertz CT molecular complexity index is 1410. The van der Waals surface area contributed by atoms with Crippen LogP contribution in [0.25, 0.3) is 11.1 Å². The number of nitrogens with zero attached hydrogens (tertiary/aromatic N) is 1. The topological polar surface area (TPSA) is 106 Å². The summed E-state index contributed by atoms with van der Waals surface area (Å²) in [6.07, 6.45) is -3.34. The van der Waals surface area contributed by atoms with Gasteiger partial charge >= 0.3 is 12.1 Å². The molecule has 10 heteroatoms. The second-order valence-electron chi connectivity index (χ2n) is 10.3. The maximum atomic E-state index is 14.1. The van der Waals surface area contributed by atoms with Gasteiger partial charge in [0.25, 0.3) is 0 Å². The van der Waals surface area contributed by atoms with Crippen LogP contribution in [0.5, 0.6) is 5.75 Å². The van der Waals surface area contributed by atoms with Crippen LogP contribution in [0.4, 0.5) is 13.2 Å².